The summed E-state index contributed by atoms with van der Waals surface area (Å²) in [5.74, 6) is 0.335. The maximum Gasteiger partial charge on any atom is 0.294 e. The first-order valence-corrected chi connectivity index (χ1v) is 9.96. The van der Waals surface area contributed by atoms with Crippen LogP contribution in [0.3, 0.4) is 0 Å². The second-order valence-corrected chi connectivity index (χ2v) is 7.53. The minimum absolute atomic E-state index is 0.131. The number of benzene rings is 1. The lowest BCUT2D eigenvalue weighted by Gasteiger charge is -2.18. The molecule has 27 heavy (non-hydrogen) atoms. The molecule has 8 heteroatoms. The molecule has 0 atom stereocenters. The van der Waals surface area contributed by atoms with Crippen LogP contribution < -0.4 is 15.8 Å². The van der Waals surface area contributed by atoms with Gasteiger partial charge in [0.05, 0.1) is 16.7 Å². The van der Waals surface area contributed by atoms with Crippen molar-refractivity contribution in [1.29, 1.82) is 0 Å². The van der Waals surface area contributed by atoms with E-state index >= 15 is 0 Å². The van der Waals surface area contributed by atoms with Crippen LogP contribution in [0.4, 0.5) is 10.9 Å². The van der Waals surface area contributed by atoms with E-state index in [0.29, 0.717) is 17.5 Å². The van der Waals surface area contributed by atoms with Crippen LogP contribution in [0.15, 0.2) is 34.4 Å². The summed E-state index contributed by atoms with van der Waals surface area (Å²) in [7, 11) is 0. The van der Waals surface area contributed by atoms with Crippen molar-refractivity contribution in [2.24, 2.45) is 0 Å². The third-order valence-electron chi connectivity index (χ3n) is 4.67. The number of amides is 1. The summed E-state index contributed by atoms with van der Waals surface area (Å²) in [5, 5.41) is 5.27. The molecule has 0 spiro atoms. The molecule has 1 N–H and O–H groups in total. The topological polar surface area (TPSA) is 80.1 Å². The summed E-state index contributed by atoms with van der Waals surface area (Å²) in [6.45, 7) is 3.89. The molecular weight excluding hydrogens is 362 g/mol. The molecule has 7 nitrogen and oxygen atoms in total. The molecule has 1 amide bonds. The summed E-state index contributed by atoms with van der Waals surface area (Å²) >= 11 is 1.40. The van der Waals surface area contributed by atoms with Crippen molar-refractivity contribution in [2.45, 2.75) is 32.7 Å². The van der Waals surface area contributed by atoms with Gasteiger partial charge in [-0.05, 0) is 31.9 Å². The molecule has 4 rings (SSSR count). The summed E-state index contributed by atoms with van der Waals surface area (Å²) in [6.07, 6.45) is 2.35. The van der Waals surface area contributed by atoms with Crippen LogP contribution in [0.2, 0.25) is 0 Å². The Kier molecular flexibility index (Phi) is 4.89. The van der Waals surface area contributed by atoms with Crippen LogP contribution in [0, 0.1) is 6.92 Å². The van der Waals surface area contributed by atoms with Gasteiger partial charge >= 0.3 is 0 Å². The molecule has 1 aliphatic rings. The van der Waals surface area contributed by atoms with Crippen molar-refractivity contribution < 1.29 is 4.79 Å². The maximum absolute atomic E-state index is 13.1. The van der Waals surface area contributed by atoms with Gasteiger partial charge < -0.3 is 14.8 Å². The zero-order chi connectivity index (χ0) is 18.8. The Morgan fingerprint density at radius 3 is 2.74 bits per heavy atom. The number of aromatic nitrogens is 3. The van der Waals surface area contributed by atoms with Crippen LogP contribution in [0.5, 0.6) is 0 Å². The Hall–Kier alpha value is -2.74. The van der Waals surface area contributed by atoms with Crippen molar-refractivity contribution in [3.05, 3.63) is 45.7 Å². The number of nitrogens with one attached hydrogen (secondary N) is 1. The number of carbonyl (C=O) groups excluding carboxylic acids is 1. The van der Waals surface area contributed by atoms with Gasteiger partial charge in [0.25, 0.3) is 5.56 Å². The van der Waals surface area contributed by atoms with E-state index in [9.17, 15) is 9.59 Å². The van der Waals surface area contributed by atoms with Crippen LogP contribution in [0.25, 0.3) is 11.0 Å². The predicted molar refractivity (Wildman–Crippen MR) is 108 cm³/mol. The molecule has 0 radical (unpaired) electrons. The van der Waals surface area contributed by atoms with Crippen molar-refractivity contribution in [2.75, 3.05) is 23.3 Å². The van der Waals surface area contributed by atoms with Crippen LogP contribution in [0.1, 0.15) is 25.0 Å². The molecule has 0 bridgehead atoms. The summed E-state index contributed by atoms with van der Waals surface area (Å²) in [6, 6.07) is 7.58. The van der Waals surface area contributed by atoms with Gasteiger partial charge in [-0.2, -0.15) is 0 Å². The van der Waals surface area contributed by atoms with Crippen LogP contribution >= 0.6 is 11.3 Å². The summed E-state index contributed by atoms with van der Waals surface area (Å²) < 4.78 is 1.67. The van der Waals surface area contributed by atoms with Crippen molar-refractivity contribution >= 4 is 39.2 Å². The number of hydrogen-bond donors (Lipinski definition) is 1. The second-order valence-electron chi connectivity index (χ2n) is 6.67. The minimum Gasteiger partial charge on any atom is -0.352 e. The fourth-order valence-electron chi connectivity index (χ4n) is 3.34. The Morgan fingerprint density at radius 2 is 2.00 bits per heavy atom. The van der Waals surface area contributed by atoms with Crippen LogP contribution in [-0.4, -0.2) is 33.5 Å². The third kappa shape index (κ3) is 3.71. The number of aryl methyl sites for hydroxylation is 2. The second kappa shape index (κ2) is 7.48. The Morgan fingerprint density at radius 1 is 1.22 bits per heavy atom. The van der Waals surface area contributed by atoms with E-state index in [-0.39, 0.29) is 17.9 Å². The van der Waals surface area contributed by atoms with E-state index in [1.165, 1.54) is 11.3 Å². The standard InChI is InChI=1S/C19H21N5O2S/c1-13-12-27-19(20-13)22-16(25)8-11-24-15-7-3-2-6-14(15)21-17(18(24)26)23-9-4-5-10-23/h2-3,6-7,12H,4-5,8-11H2,1H3,(H,20,22,25). The van der Waals surface area contributed by atoms with Gasteiger partial charge in [-0.25, -0.2) is 9.97 Å². The fraction of sp³-hybridized carbons (Fsp3) is 0.368. The van der Waals surface area contributed by atoms with E-state index in [4.69, 9.17) is 0 Å². The maximum atomic E-state index is 13.1. The molecule has 3 heterocycles. The number of nitrogens with zero attached hydrogens (tertiary/aromatic N) is 4. The Labute approximate surface area is 160 Å². The average molecular weight is 383 g/mol. The lowest BCUT2D eigenvalue weighted by Crippen LogP contribution is -2.32. The first-order chi connectivity index (χ1) is 13.1. The summed E-state index contributed by atoms with van der Waals surface area (Å²) in [5.41, 5.74) is 2.27. The normalized spacial score (nSPS) is 14.0. The summed E-state index contributed by atoms with van der Waals surface area (Å²) in [4.78, 5) is 36.2. The van der Waals surface area contributed by atoms with E-state index in [1.807, 2.05) is 41.5 Å². The highest BCUT2D eigenvalue weighted by Crippen LogP contribution is 2.19. The van der Waals surface area contributed by atoms with Crippen molar-refractivity contribution in [1.82, 2.24) is 14.5 Å². The van der Waals surface area contributed by atoms with Gasteiger partial charge in [0, 0.05) is 31.4 Å². The van der Waals surface area contributed by atoms with Crippen molar-refractivity contribution in [3.63, 3.8) is 0 Å². The van der Waals surface area contributed by atoms with Gasteiger partial charge in [-0.3, -0.25) is 9.59 Å². The molecule has 1 saturated heterocycles. The quantitative estimate of drug-likeness (QED) is 0.733. The Bertz CT molecular complexity index is 1040. The van der Waals surface area contributed by atoms with Crippen LogP contribution in [-0.2, 0) is 11.3 Å². The first-order valence-electron chi connectivity index (χ1n) is 9.08. The average Bonchev–Trinajstić information content (AvgIpc) is 3.32. The molecule has 0 saturated carbocycles. The van der Waals surface area contributed by atoms with Gasteiger partial charge in [0.1, 0.15) is 0 Å². The van der Waals surface area contributed by atoms with Crippen molar-refractivity contribution in [3.8, 4) is 0 Å². The van der Waals surface area contributed by atoms with Gasteiger partial charge in [-0.1, -0.05) is 12.1 Å². The number of carbonyl (C=O) groups is 1. The number of fused-ring (bicyclic) bond motifs is 1. The van der Waals surface area contributed by atoms with Gasteiger partial charge in [0.15, 0.2) is 10.9 Å². The molecule has 1 aromatic carbocycles. The largest absolute Gasteiger partial charge is 0.352 e. The number of para-hydroxylation sites is 2. The molecule has 1 fully saturated rings. The number of thiazole rings is 1. The van der Waals surface area contributed by atoms with E-state index in [2.05, 4.69) is 15.3 Å². The first kappa shape index (κ1) is 17.7. The highest BCUT2D eigenvalue weighted by Gasteiger charge is 2.20. The lowest BCUT2D eigenvalue weighted by molar-refractivity contribution is -0.116. The molecule has 0 aliphatic carbocycles. The predicted octanol–water partition coefficient (Wildman–Crippen LogP) is 2.79. The highest BCUT2D eigenvalue weighted by molar-refractivity contribution is 7.13. The molecular formula is C19H21N5O2S. The van der Waals surface area contributed by atoms with E-state index in [1.54, 1.807) is 4.57 Å². The number of rotatable bonds is 5. The third-order valence-corrected chi connectivity index (χ3v) is 5.54. The highest BCUT2D eigenvalue weighted by atomic mass is 32.1. The monoisotopic (exact) mass is 383 g/mol. The zero-order valence-corrected chi connectivity index (χ0v) is 16.0. The molecule has 1 aliphatic heterocycles. The minimum atomic E-state index is -0.153. The smallest absolute Gasteiger partial charge is 0.294 e. The molecule has 140 valence electrons. The fourth-order valence-corrected chi connectivity index (χ4v) is 4.05. The molecule has 3 aromatic rings. The van der Waals surface area contributed by atoms with Gasteiger partial charge in [-0.15, -0.1) is 11.3 Å². The molecule has 0 unspecified atom stereocenters. The van der Waals surface area contributed by atoms with E-state index in [0.717, 1.165) is 42.7 Å². The van der Waals surface area contributed by atoms with Gasteiger partial charge in [0.2, 0.25) is 5.91 Å². The lowest BCUT2D eigenvalue weighted by atomic mass is 10.2. The molecule has 2 aromatic heterocycles. The zero-order valence-electron chi connectivity index (χ0n) is 15.1. The SMILES string of the molecule is Cc1csc(NC(=O)CCn2c(=O)c(N3CCCC3)nc3ccccc32)n1. The number of anilines is 2. The van der Waals surface area contributed by atoms with E-state index < -0.39 is 0 Å². The number of hydrogen-bond acceptors (Lipinski definition) is 6. The Balaban J connectivity index is 1.60.